The van der Waals surface area contributed by atoms with Crippen molar-refractivity contribution in [3.8, 4) is 0 Å². The topological polar surface area (TPSA) is 71.8 Å². The fourth-order valence-electron chi connectivity index (χ4n) is 1.71. The zero-order valence-corrected chi connectivity index (χ0v) is 9.82. The first-order valence-electron chi connectivity index (χ1n) is 5.69. The van der Waals surface area contributed by atoms with Crippen LogP contribution in [0.15, 0.2) is 30.3 Å². The lowest BCUT2D eigenvalue weighted by molar-refractivity contribution is -0.118. The Kier molecular flexibility index (Phi) is 3.72. The summed E-state index contributed by atoms with van der Waals surface area (Å²) in [6.07, 6.45) is 1.33. The number of aromatic nitrogens is 2. The molecule has 1 heterocycles. The van der Waals surface area contributed by atoms with Gasteiger partial charge >= 0.3 is 0 Å². The van der Waals surface area contributed by atoms with Crippen LogP contribution in [0.3, 0.4) is 0 Å². The quantitative estimate of drug-likeness (QED) is 0.847. The maximum atomic E-state index is 12.7. The van der Waals surface area contributed by atoms with Gasteiger partial charge in [0, 0.05) is 24.6 Å². The molecule has 2 rings (SSSR count). The van der Waals surface area contributed by atoms with Gasteiger partial charge < -0.3 is 5.73 Å². The third-order valence-electron chi connectivity index (χ3n) is 2.64. The molecule has 0 aliphatic heterocycles. The molecular formula is C13H14FN3O. The van der Waals surface area contributed by atoms with E-state index >= 15 is 0 Å². The van der Waals surface area contributed by atoms with Crippen molar-refractivity contribution in [3.63, 3.8) is 0 Å². The van der Waals surface area contributed by atoms with E-state index in [1.807, 2.05) is 0 Å². The standard InChI is InChI=1S/C13H14FN3O/c14-10-4-1-9(2-5-10)3-6-12(18)7-11-8-13(15)17-16-11/h1-2,4-5,8H,3,6-7H2,(H3,15,16,17). The number of halogens is 1. The summed E-state index contributed by atoms with van der Waals surface area (Å²) in [5, 5.41) is 6.45. The van der Waals surface area contributed by atoms with Crippen molar-refractivity contribution in [1.82, 2.24) is 10.2 Å². The van der Waals surface area contributed by atoms with E-state index in [9.17, 15) is 9.18 Å². The van der Waals surface area contributed by atoms with Gasteiger partial charge in [0.15, 0.2) is 0 Å². The first kappa shape index (κ1) is 12.3. The van der Waals surface area contributed by atoms with Crippen LogP contribution in [-0.2, 0) is 17.6 Å². The first-order chi connectivity index (χ1) is 8.63. The van der Waals surface area contributed by atoms with Crippen LogP contribution in [0, 0.1) is 5.82 Å². The second-order valence-electron chi connectivity index (χ2n) is 4.16. The highest BCUT2D eigenvalue weighted by atomic mass is 19.1. The number of nitrogens with zero attached hydrogens (tertiary/aromatic N) is 1. The Balaban J connectivity index is 1.83. The van der Waals surface area contributed by atoms with Gasteiger partial charge in [-0.25, -0.2) is 4.39 Å². The van der Waals surface area contributed by atoms with Crippen molar-refractivity contribution < 1.29 is 9.18 Å². The molecule has 0 aliphatic rings. The van der Waals surface area contributed by atoms with Crippen LogP contribution >= 0.6 is 0 Å². The smallest absolute Gasteiger partial charge is 0.145 e. The number of aryl methyl sites for hydroxylation is 1. The minimum Gasteiger partial charge on any atom is -0.382 e. The number of hydrogen-bond acceptors (Lipinski definition) is 3. The number of carbonyl (C=O) groups is 1. The molecule has 0 amide bonds. The van der Waals surface area contributed by atoms with Gasteiger partial charge in [-0.05, 0) is 24.1 Å². The number of H-pyrrole nitrogens is 1. The fourth-order valence-corrected chi connectivity index (χ4v) is 1.71. The zero-order valence-electron chi connectivity index (χ0n) is 9.82. The summed E-state index contributed by atoms with van der Waals surface area (Å²) in [5.41, 5.74) is 7.12. The second-order valence-corrected chi connectivity index (χ2v) is 4.16. The highest BCUT2D eigenvalue weighted by molar-refractivity contribution is 5.80. The van der Waals surface area contributed by atoms with Crippen molar-refractivity contribution in [2.75, 3.05) is 5.73 Å². The van der Waals surface area contributed by atoms with Gasteiger partial charge in [0.1, 0.15) is 17.4 Å². The van der Waals surface area contributed by atoms with Gasteiger partial charge in [0.05, 0.1) is 0 Å². The van der Waals surface area contributed by atoms with Crippen molar-refractivity contribution >= 4 is 11.6 Å². The summed E-state index contributed by atoms with van der Waals surface area (Å²) in [6, 6.07) is 7.83. The van der Waals surface area contributed by atoms with Gasteiger partial charge in [-0.2, -0.15) is 5.10 Å². The number of rotatable bonds is 5. The molecule has 4 nitrogen and oxygen atoms in total. The van der Waals surface area contributed by atoms with Crippen LogP contribution in [-0.4, -0.2) is 16.0 Å². The van der Waals surface area contributed by atoms with Crippen LogP contribution in [0.5, 0.6) is 0 Å². The van der Waals surface area contributed by atoms with Gasteiger partial charge in [0.2, 0.25) is 0 Å². The maximum Gasteiger partial charge on any atom is 0.145 e. The number of nitrogens with one attached hydrogen (secondary N) is 1. The summed E-state index contributed by atoms with van der Waals surface area (Å²) < 4.78 is 12.7. The molecule has 2 aromatic rings. The number of nitrogen functional groups attached to an aromatic ring is 1. The normalized spacial score (nSPS) is 10.5. The molecule has 5 heteroatoms. The minimum atomic E-state index is -0.266. The molecule has 0 atom stereocenters. The predicted octanol–water partition coefficient (Wildman–Crippen LogP) is 1.88. The minimum absolute atomic E-state index is 0.1000. The van der Waals surface area contributed by atoms with Crippen LogP contribution < -0.4 is 5.73 Å². The first-order valence-corrected chi connectivity index (χ1v) is 5.69. The Hall–Kier alpha value is -2.17. The summed E-state index contributed by atoms with van der Waals surface area (Å²) in [6.45, 7) is 0. The molecule has 0 aliphatic carbocycles. The lowest BCUT2D eigenvalue weighted by Crippen LogP contribution is -2.04. The highest BCUT2D eigenvalue weighted by Crippen LogP contribution is 2.08. The van der Waals surface area contributed by atoms with Crippen molar-refractivity contribution in [3.05, 3.63) is 47.4 Å². The summed E-state index contributed by atoms with van der Waals surface area (Å²) in [5.74, 6) is 0.220. The van der Waals surface area contributed by atoms with Gasteiger partial charge in [-0.1, -0.05) is 12.1 Å². The molecule has 0 radical (unpaired) electrons. The van der Waals surface area contributed by atoms with E-state index in [1.54, 1.807) is 18.2 Å². The number of hydrogen-bond donors (Lipinski definition) is 2. The molecule has 3 N–H and O–H groups in total. The summed E-state index contributed by atoms with van der Waals surface area (Å²) in [7, 11) is 0. The van der Waals surface area contributed by atoms with Gasteiger partial charge in [-0.15, -0.1) is 0 Å². The Morgan fingerprint density at radius 1 is 1.33 bits per heavy atom. The van der Waals surface area contributed by atoms with Gasteiger partial charge in [-0.3, -0.25) is 9.89 Å². The zero-order chi connectivity index (χ0) is 13.0. The predicted molar refractivity (Wildman–Crippen MR) is 66.4 cm³/mol. The van der Waals surface area contributed by atoms with Crippen LogP contribution in [0.25, 0.3) is 0 Å². The largest absolute Gasteiger partial charge is 0.382 e. The molecule has 18 heavy (non-hydrogen) atoms. The average Bonchev–Trinajstić information content (AvgIpc) is 2.74. The molecule has 0 saturated heterocycles. The molecular weight excluding hydrogens is 233 g/mol. The second kappa shape index (κ2) is 5.44. The van der Waals surface area contributed by atoms with Crippen LogP contribution in [0.4, 0.5) is 10.2 Å². The number of ketones is 1. The van der Waals surface area contributed by atoms with Crippen molar-refractivity contribution in [2.24, 2.45) is 0 Å². The van der Waals surface area contributed by atoms with Crippen LogP contribution in [0.1, 0.15) is 17.7 Å². The molecule has 0 fully saturated rings. The third kappa shape index (κ3) is 3.41. The third-order valence-corrected chi connectivity index (χ3v) is 2.64. The molecule has 1 aromatic heterocycles. The monoisotopic (exact) mass is 247 g/mol. The molecule has 0 spiro atoms. The number of carbonyl (C=O) groups excluding carboxylic acids is 1. The lowest BCUT2D eigenvalue weighted by Gasteiger charge is -2.00. The van der Waals surface area contributed by atoms with E-state index in [0.29, 0.717) is 25.1 Å². The SMILES string of the molecule is Nc1cc(CC(=O)CCc2ccc(F)cc2)[nH]n1. The van der Waals surface area contributed by atoms with E-state index < -0.39 is 0 Å². The van der Waals surface area contributed by atoms with E-state index in [4.69, 9.17) is 5.73 Å². The maximum absolute atomic E-state index is 12.7. The number of benzene rings is 1. The van der Waals surface area contributed by atoms with E-state index in [1.165, 1.54) is 12.1 Å². The number of aromatic amines is 1. The molecule has 0 bridgehead atoms. The fraction of sp³-hybridized carbons (Fsp3) is 0.231. The lowest BCUT2D eigenvalue weighted by atomic mass is 10.1. The molecule has 94 valence electrons. The molecule has 0 unspecified atom stereocenters. The Labute approximate surface area is 104 Å². The van der Waals surface area contributed by atoms with Gasteiger partial charge in [0.25, 0.3) is 0 Å². The molecule has 1 aromatic carbocycles. The molecule has 0 saturated carbocycles. The Bertz CT molecular complexity index is 533. The van der Waals surface area contributed by atoms with E-state index in [-0.39, 0.29) is 11.6 Å². The van der Waals surface area contributed by atoms with Crippen molar-refractivity contribution in [1.29, 1.82) is 0 Å². The number of Topliss-reactive ketones (excluding diaryl/α,β-unsaturated/α-hetero) is 1. The van der Waals surface area contributed by atoms with E-state index in [0.717, 1.165) is 11.3 Å². The Morgan fingerprint density at radius 3 is 2.67 bits per heavy atom. The number of nitrogens with two attached hydrogens (primary N) is 1. The summed E-state index contributed by atoms with van der Waals surface area (Å²) in [4.78, 5) is 11.7. The van der Waals surface area contributed by atoms with E-state index in [2.05, 4.69) is 10.2 Å². The number of anilines is 1. The summed E-state index contributed by atoms with van der Waals surface area (Å²) >= 11 is 0. The van der Waals surface area contributed by atoms with Crippen molar-refractivity contribution in [2.45, 2.75) is 19.3 Å². The average molecular weight is 247 g/mol. The Morgan fingerprint density at radius 2 is 2.06 bits per heavy atom. The highest BCUT2D eigenvalue weighted by Gasteiger charge is 2.06. The van der Waals surface area contributed by atoms with Crippen LogP contribution in [0.2, 0.25) is 0 Å².